The number of nitrogens with zero attached hydrogens (tertiary/aromatic N) is 2. The van der Waals surface area contributed by atoms with Gasteiger partial charge in [-0.25, -0.2) is 4.98 Å². The Labute approximate surface area is 180 Å². The van der Waals surface area contributed by atoms with Crippen LogP contribution in [0.15, 0.2) is 48.8 Å². The molecule has 0 radical (unpaired) electrons. The summed E-state index contributed by atoms with van der Waals surface area (Å²) in [4.78, 5) is 17.1. The smallest absolute Gasteiger partial charge is 0.258 e. The highest BCUT2D eigenvalue weighted by Crippen LogP contribution is 2.29. The van der Waals surface area contributed by atoms with Gasteiger partial charge in [0.05, 0.1) is 14.2 Å². The molecule has 0 aliphatic rings. The van der Waals surface area contributed by atoms with E-state index in [1.807, 2.05) is 36.9 Å². The normalized spacial score (nSPS) is 11.6. The van der Waals surface area contributed by atoms with Gasteiger partial charge in [-0.3, -0.25) is 4.79 Å². The third kappa shape index (κ3) is 5.04. The number of aryl methyl sites for hydroxylation is 2. The quantitative estimate of drug-likeness (QED) is 0.591. The summed E-state index contributed by atoms with van der Waals surface area (Å²) < 4.78 is 18.2. The summed E-state index contributed by atoms with van der Waals surface area (Å²) in [5.74, 6) is 2.18. The predicted octanol–water partition coefficient (Wildman–Crippen LogP) is 3.68. The molecule has 0 aliphatic carbocycles. The summed E-state index contributed by atoms with van der Waals surface area (Å²) in [6.07, 6.45) is 3.50. The molecule has 8 heteroatoms. The van der Waals surface area contributed by atoms with E-state index in [1.165, 1.54) is 0 Å². The summed E-state index contributed by atoms with van der Waals surface area (Å²) in [7, 11) is 5.02. The molecule has 3 aromatic rings. The first kappa shape index (κ1) is 21.5. The average molecular weight is 430 g/mol. The molecule has 2 aromatic carbocycles. The fraction of sp³-hybridized carbons (Fsp3) is 0.273. The molecule has 1 aromatic heterocycles. The first-order valence-electron chi connectivity index (χ1n) is 9.29. The zero-order valence-electron chi connectivity index (χ0n) is 17.3. The van der Waals surface area contributed by atoms with Crippen molar-refractivity contribution in [2.75, 3.05) is 20.8 Å². The van der Waals surface area contributed by atoms with E-state index in [4.69, 9.17) is 25.8 Å². The Bertz CT molecular complexity index is 1010. The number of nitrogens with one attached hydrogen (secondary N) is 1. The Kier molecular flexibility index (Phi) is 6.84. The molecule has 1 unspecified atom stereocenters. The number of aromatic nitrogens is 2. The average Bonchev–Trinajstić information content (AvgIpc) is 3.17. The molecule has 30 heavy (non-hydrogen) atoms. The van der Waals surface area contributed by atoms with Gasteiger partial charge in [0.2, 0.25) is 0 Å². The van der Waals surface area contributed by atoms with Gasteiger partial charge in [-0.15, -0.1) is 0 Å². The van der Waals surface area contributed by atoms with Crippen LogP contribution in [-0.2, 0) is 11.8 Å². The topological polar surface area (TPSA) is 74.6 Å². The molecule has 0 saturated carbocycles. The van der Waals surface area contributed by atoms with Gasteiger partial charge in [0.15, 0.2) is 6.61 Å². The van der Waals surface area contributed by atoms with Gasteiger partial charge in [-0.2, -0.15) is 0 Å². The number of hydrogen-bond acceptors (Lipinski definition) is 5. The molecular formula is C22H24ClN3O4. The van der Waals surface area contributed by atoms with Crippen molar-refractivity contribution in [3.8, 4) is 17.2 Å². The highest BCUT2D eigenvalue weighted by Gasteiger charge is 2.22. The number of carbonyl (C=O) groups excluding carboxylic acids is 1. The Balaban J connectivity index is 1.82. The van der Waals surface area contributed by atoms with Crippen molar-refractivity contribution in [3.63, 3.8) is 0 Å². The Morgan fingerprint density at radius 2 is 1.83 bits per heavy atom. The zero-order valence-corrected chi connectivity index (χ0v) is 18.1. The Morgan fingerprint density at radius 1 is 1.13 bits per heavy atom. The zero-order chi connectivity index (χ0) is 21.7. The maximum absolute atomic E-state index is 12.7. The van der Waals surface area contributed by atoms with E-state index in [9.17, 15) is 4.79 Å². The van der Waals surface area contributed by atoms with Crippen LogP contribution in [-0.4, -0.2) is 36.3 Å². The van der Waals surface area contributed by atoms with E-state index in [2.05, 4.69) is 10.3 Å². The molecule has 1 N–H and O–H groups in total. The lowest BCUT2D eigenvalue weighted by Crippen LogP contribution is -2.34. The molecule has 1 heterocycles. The third-order valence-electron chi connectivity index (χ3n) is 4.63. The number of rotatable bonds is 8. The number of halogens is 1. The number of hydrogen-bond donors (Lipinski definition) is 1. The van der Waals surface area contributed by atoms with Gasteiger partial charge in [0.1, 0.15) is 29.1 Å². The largest absolute Gasteiger partial charge is 0.497 e. The summed E-state index contributed by atoms with van der Waals surface area (Å²) >= 11 is 6.04. The molecule has 158 valence electrons. The summed E-state index contributed by atoms with van der Waals surface area (Å²) in [5.41, 5.74) is 1.65. The Morgan fingerprint density at radius 3 is 2.40 bits per heavy atom. The molecule has 7 nitrogen and oxygen atoms in total. The van der Waals surface area contributed by atoms with Crippen molar-refractivity contribution in [2.45, 2.75) is 13.0 Å². The second kappa shape index (κ2) is 9.54. The van der Waals surface area contributed by atoms with Crippen LogP contribution in [0.5, 0.6) is 17.2 Å². The lowest BCUT2D eigenvalue weighted by Gasteiger charge is -2.20. The number of benzene rings is 2. The number of ether oxygens (including phenoxy) is 3. The van der Waals surface area contributed by atoms with Gasteiger partial charge in [-0.05, 0) is 48.4 Å². The standard InChI is InChI=1S/C22H24ClN3O4/c1-14-9-16(5-6-19(14)23)30-13-20(27)25-21(22-24-7-8-26(22)2)15-10-17(28-3)12-18(11-15)29-4/h5-12,21H,13H2,1-4H3,(H,25,27). The second-order valence-corrected chi connectivity index (χ2v) is 7.15. The Hall–Kier alpha value is -3.19. The minimum absolute atomic E-state index is 0.150. The summed E-state index contributed by atoms with van der Waals surface area (Å²) in [6.45, 7) is 1.73. The fourth-order valence-corrected chi connectivity index (χ4v) is 3.12. The van der Waals surface area contributed by atoms with Crippen LogP contribution in [0.1, 0.15) is 23.0 Å². The lowest BCUT2D eigenvalue weighted by atomic mass is 10.0. The SMILES string of the molecule is COc1cc(OC)cc(C(NC(=O)COc2ccc(Cl)c(C)c2)c2nccn2C)c1. The predicted molar refractivity (Wildman–Crippen MR) is 114 cm³/mol. The molecule has 0 bridgehead atoms. The lowest BCUT2D eigenvalue weighted by molar-refractivity contribution is -0.123. The van der Waals surface area contributed by atoms with Crippen molar-refractivity contribution < 1.29 is 19.0 Å². The van der Waals surface area contributed by atoms with Gasteiger partial charge in [-0.1, -0.05) is 11.6 Å². The van der Waals surface area contributed by atoms with Crippen molar-refractivity contribution in [3.05, 3.63) is 70.8 Å². The van der Waals surface area contributed by atoms with Crippen molar-refractivity contribution in [1.82, 2.24) is 14.9 Å². The van der Waals surface area contributed by atoms with Crippen LogP contribution >= 0.6 is 11.6 Å². The highest BCUT2D eigenvalue weighted by atomic mass is 35.5. The summed E-state index contributed by atoms with van der Waals surface area (Å²) in [6, 6.07) is 10.2. The molecule has 1 amide bonds. The van der Waals surface area contributed by atoms with Gasteiger partial charge >= 0.3 is 0 Å². The molecule has 0 spiro atoms. The van der Waals surface area contributed by atoms with Gasteiger partial charge in [0, 0.05) is 30.5 Å². The van der Waals surface area contributed by atoms with Crippen LogP contribution in [0.25, 0.3) is 0 Å². The van der Waals surface area contributed by atoms with E-state index >= 15 is 0 Å². The number of carbonyl (C=O) groups is 1. The minimum atomic E-state index is -0.517. The first-order chi connectivity index (χ1) is 14.4. The number of amides is 1. The van der Waals surface area contributed by atoms with Crippen molar-refractivity contribution in [2.24, 2.45) is 7.05 Å². The van der Waals surface area contributed by atoms with Crippen LogP contribution in [0.4, 0.5) is 0 Å². The van der Waals surface area contributed by atoms with Crippen LogP contribution < -0.4 is 19.5 Å². The number of methoxy groups -OCH3 is 2. The molecule has 1 atom stereocenters. The van der Waals surface area contributed by atoms with E-state index < -0.39 is 6.04 Å². The van der Waals surface area contributed by atoms with E-state index in [1.54, 1.807) is 44.7 Å². The van der Waals surface area contributed by atoms with Crippen molar-refractivity contribution >= 4 is 17.5 Å². The van der Waals surface area contributed by atoms with E-state index in [0.29, 0.717) is 28.1 Å². The van der Waals surface area contributed by atoms with E-state index in [0.717, 1.165) is 11.1 Å². The second-order valence-electron chi connectivity index (χ2n) is 6.74. The summed E-state index contributed by atoms with van der Waals surface area (Å²) in [5, 5.41) is 3.64. The van der Waals surface area contributed by atoms with Crippen LogP contribution in [0.2, 0.25) is 5.02 Å². The maximum Gasteiger partial charge on any atom is 0.258 e. The number of imidazole rings is 1. The van der Waals surface area contributed by atoms with Crippen molar-refractivity contribution in [1.29, 1.82) is 0 Å². The van der Waals surface area contributed by atoms with Gasteiger partial charge < -0.3 is 24.1 Å². The molecule has 3 rings (SSSR count). The van der Waals surface area contributed by atoms with E-state index in [-0.39, 0.29) is 12.5 Å². The van der Waals surface area contributed by atoms with Crippen LogP contribution in [0.3, 0.4) is 0 Å². The molecule has 0 aliphatic heterocycles. The van der Waals surface area contributed by atoms with Gasteiger partial charge in [0.25, 0.3) is 5.91 Å². The van der Waals surface area contributed by atoms with Crippen LogP contribution in [0, 0.1) is 6.92 Å². The minimum Gasteiger partial charge on any atom is -0.497 e. The molecule has 0 fully saturated rings. The monoisotopic (exact) mass is 429 g/mol. The maximum atomic E-state index is 12.7. The first-order valence-corrected chi connectivity index (χ1v) is 9.67. The highest BCUT2D eigenvalue weighted by molar-refractivity contribution is 6.31. The fourth-order valence-electron chi connectivity index (χ4n) is 3.01. The third-order valence-corrected chi connectivity index (χ3v) is 5.05. The molecule has 0 saturated heterocycles. The molecular weight excluding hydrogens is 406 g/mol.